The maximum absolute atomic E-state index is 9.21. The Labute approximate surface area is 147 Å². The molecular weight excluding hydrogens is 280 g/mol. The number of allylic oxidation sites excluding steroid dienone is 2. The molecule has 1 heteroatoms. The molecule has 0 aliphatic heterocycles. The zero-order valence-corrected chi connectivity index (χ0v) is 16.4. The van der Waals surface area contributed by atoms with Crippen LogP contribution in [0.5, 0.6) is 0 Å². The van der Waals surface area contributed by atoms with Crippen LogP contribution in [0.3, 0.4) is 0 Å². The van der Waals surface area contributed by atoms with Crippen LogP contribution < -0.4 is 0 Å². The molecule has 0 rings (SSSR count). The first-order valence-corrected chi connectivity index (χ1v) is 10.4. The fourth-order valence-electron chi connectivity index (χ4n) is 2.93. The highest BCUT2D eigenvalue weighted by molar-refractivity contribution is 4.81. The topological polar surface area (TPSA) is 20.2 Å². The highest BCUT2D eigenvalue weighted by atomic mass is 16.3. The maximum Gasteiger partial charge on any atom is 0.0482 e. The van der Waals surface area contributed by atoms with Gasteiger partial charge in [0.15, 0.2) is 0 Å². The molecule has 1 nitrogen and oxygen atoms in total. The van der Waals surface area contributed by atoms with Crippen molar-refractivity contribution in [3.05, 3.63) is 12.2 Å². The Kier molecular flexibility index (Phi) is 16.3. The summed E-state index contributed by atoms with van der Waals surface area (Å²) in [7, 11) is 0. The molecule has 0 aliphatic rings. The van der Waals surface area contributed by atoms with Gasteiger partial charge >= 0.3 is 0 Å². The summed E-state index contributed by atoms with van der Waals surface area (Å²) in [5, 5.41) is 9.21. The fraction of sp³-hybridized carbons (Fsp3) is 0.909. The van der Waals surface area contributed by atoms with Crippen molar-refractivity contribution in [2.45, 2.75) is 117 Å². The van der Waals surface area contributed by atoms with E-state index in [0.717, 1.165) is 6.42 Å². The van der Waals surface area contributed by atoms with Gasteiger partial charge in [0.2, 0.25) is 0 Å². The monoisotopic (exact) mass is 324 g/mol. The normalized spacial score (nSPS) is 12.3. The number of aliphatic hydroxyl groups is 1. The maximum atomic E-state index is 9.21. The molecule has 0 saturated heterocycles. The summed E-state index contributed by atoms with van der Waals surface area (Å²) < 4.78 is 0. The Hall–Kier alpha value is -0.300. The number of rotatable bonds is 17. The molecular formula is C22H44O. The van der Waals surface area contributed by atoms with E-state index in [4.69, 9.17) is 0 Å². The van der Waals surface area contributed by atoms with Gasteiger partial charge in [0, 0.05) is 6.61 Å². The summed E-state index contributed by atoms with van der Waals surface area (Å²) in [6.07, 6.45) is 25.0. The van der Waals surface area contributed by atoms with Crippen LogP contribution in [0.4, 0.5) is 0 Å². The van der Waals surface area contributed by atoms with Crippen LogP contribution >= 0.6 is 0 Å². The smallest absolute Gasteiger partial charge is 0.0482 e. The second-order valence-corrected chi connectivity index (χ2v) is 8.01. The molecule has 0 heterocycles. The van der Waals surface area contributed by atoms with Crippen LogP contribution in [-0.4, -0.2) is 11.7 Å². The van der Waals surface area contributed by atoms with Crippen LogP contribution in [0, 0.1) is 5.41 Å². The minimum atomic E-state index is 0.126. The van der Waals surface area contributed by atoms with Gasteiger partial charge in [0.25, 0.3) is 0 Å². The lowest BCUT2D eigenvalue weighted by atomic mass is 9.88. The predicted molar refractivity (Wildman–Crippen MR) is 105 cm³/mol. The largest absolute Gasteiger partial charge is 0.396 e. The van der Waals surface area contributed by atoms with Crippen LogP contribution in [0.15, 0.2) is 12.2 Å². The highest BCUT2D eigenvalue weighted by Crippen LogP contribution is 2.23. The lowest BCUT2D eigenvalue weighted by Gasteiger charge is -2.20. The van der Waals surface area contributed by atoms with Gasteiger partial charge < -0.3 is 5.11 Å². The molecule has 0 aromatic carbocycles. The molecule has 0 spiro atoms. The summed E-state index contributed by atoms with van der Waals surface area (Å²) >= 11 is 0. The van der Waals surface area contributed by atoms with Crippen LogP contribution in [0.1, 0.15) is 117 Å². The van der Waals surface area contributed by atoms with Gasteiger partial charge in [-0.05, 0) is 37.5 Å². The molecule has 0 amide bonds. The SMILES string of the molecule is CCCCCCCCC=CCCCCCCCCC(C)(C)CO. The van der Waals surface area contributed by atoms with Gasteiger partial charge in [0.1, 0.15) is 0 Å². The third kappa shape index (κ3) is 17.9. The van der Waals surface area contributed by atoms with E-state index in [1.165, 1.54) is 89.9 Å². The average Bonchev–Trinajstić information content (AvgIpc) is 2.54. The molecule has 0 aliphatic carbocycles. The van der Waals surface area contributed by atoms with Gasteiger partial charge in [-0.3, -0.25) is 0 Å². The van der Waals surface area contributed by atoms with Gasteiger partial charge in [-0.25, -0.2) is 0 Å². The Morgan fingerprint density at radius 3 is 1.57 bits per heavy atom. The Morgan fingerprint density at radius 1 is 0.652 bits per heavy atom. The minimum Gasteiger partial charge on any atom is -0.396 e. The molecule has 0 aromatic rings. The van der Waals surface area contributed by atoms with E-state index in [1.807, 2.05) is 0 Å². The van der Waals surface area contributed by atoms with E-state index in [1.54, 1.807) is 0 Å². The summed E-state index contributed by atoms with van der Waals surface area (Å²) in [6.45, 7) is 6.91. The van der Waals surface area contributed by atoms with E-state index in [2.05, 4.69) is 32.9 Å². The van der Waals surface area contributed by atoms with Crippen LogP contribution in [-0.2, 0) is 0 Å². The predicted octanol–water partition coefficient (Wildman–Crippen LogP) is 7.43. The zero-order chi connectivity index (χ0) is 17.2. The first-order valence-electron chi connectivity index (χ1n) is 10.4. The van der Waals surface area contributed by atoms with E-state index < -0.39 is 0 Å². The quantitative estimate of drug-likeness (QED) is 0.218. The van der Waals surface area contributed by atoms with E-state index >= 15 is 0 Å². The van der Waals surface area contributed by atoms with E-state index in [9.17, 15) is 5.11 Å². The molecule has 138 valence electrons. The Balaban J connectivity index is 3.16. The summed E-state index contributed by atoms with van der Waals surface area (Å²) in [6, 6.07) is 0. The number of aliphatic hydroxyl groups excluding tert-OH is 1. The van der Waals surface area contributed by atoms with E-state index in [0.29, 0.717) is 6.61 Å². The number of hydrogen-bond donors (Lipinski definition) is 1. The standard InChI is InChI=1S/C22H44O/c1-4-5-6-7-8-9-10-11-12-13-14-15-16-17-18-19-20-22(2,3)21-23/h11-12,23H,4-10,13-21H2,1-3H3. The van der Waals surface area contributed by atoms with Crippen LogP contribution in [0.2, 0.25) is 0 Å². The summed E-state index contributed by atoms with van der Waals surface area (Å²) in [5.74, 6) is 0. The molecule has 0 saturated carbocycles. The molecule has 0 radical (unpaired) electrons. The molecule has 1 N–H and O–H groups in total. The number of hydrogen-bond acceptors (Lipinski definition) is 1. The van der Waals surface area contributed by atoms with Gasteiger partial charge in [-0.2, -0.15) is 0 Å². The third-order valence-electron chi connectivity index (χ3n) is 4.79. The average molecular weight is 325 g/mol. The van der Waals surface area contributed by atoms with Crippen molar-refractivity contribution < 1.29 is 5.11 Å². The lowest BCUT2D eigenvalue weighted by molar-refractivity contribution is 0.147. The molecule has 0 bridgehead atoms. The Bertz CT molecular complexity index is 255. The van der Waals surface area contributed by atoms with Crippen molar-refractivity contribution in [1.82, 2.24) is 0 Å². The first-order chi connectivity index (χ1) is 11.1. The van der Waals surface area contributed by atoms with Gasteiger partial charge in [-0.1, -0.05) is 97.1 Å². The molecule has 0 aromatic heterocycles. The van der Waals surface area contributed by atoms with Gasteiger partial charge in [-0.15, -0.1) is 0 Å². The van der Waals surface area contributed by atoms with Crippen molar-refractivity contribution in [3.63, 3.8) is 0 Å². The summed E-state index contributed by atoms with van der Waals surface area (Å²) in [4.78, 5) is 0. The zero-order valence-electron chi connectivity index (χ0n) is 16.4. The van der Waals surface area contributed by atoms with Gasteiger partial charge in [0.05, 0.1) is 0 Å². The molecule has 23 heavy (non-hydrogen) atoms. The van der Waals surface area contributed by atoms with Crippen molar-refractivity contribution in [2.75, 3.05) is 6.61 Å². The number of unbranched alkanes of at least 4 members (excludes halogenated alkanes) is 12. The summed E-state index contributed by atoms with van der Waals surface area (Å²) in [5.41, 5.74) is 0.126. The van der Waals surface area contributed by atoms with E-state index in [-0.39, 0.29) is 5.41 Å². The molecule has 0 fully saturated rings. The van der Waals surface area contributed by atoms with Crippen molar-refractivity contribution in [2.24, 2.45) is 5.41 Å². The van der Waals surface area contributed by atoms with Crippen molar-refractivity contribution >= 4 is 0 Å². The molecule has 0 atom stereocenters. The second-order valence-electron chi connectivity index (χ2n) is 8.01. The molecule has 0 unspecified atom stereocenters. The fourth-order valence-corrected chi connectivity index (χ4v) is 2.93. The Morgan fingerprint density at radius 2 is 1.09 bits per heavy atom. The van der Waals surface area contributed by atoms with Crippen molar-refractivity contribution in [1.29, 1.82) is 0 Å². The minimum absolute atomic E-state index is 0.126. The highest BCUT2D eigenvalue weighted by Gasteiger charge is 2.14. The third-order valence-corrected chi connectivity index (χ3v) is 4.79. The second kappa shape index (κ2) is 16.6. The lowest BCUT2D eigenvalue weighted by Crippen LogP contribution is -2.16. The van der Waals surface area contributed by atoms with Crippen molar-refractivity contribution in [3.8, 4) is 0 Å². The van der Waals surface area contributed by atoms with Crippen LogP contribution in [0.25, 0.3) is 0 Å². The first kappa shape index (κ1) is 22.7.